The molecule has 0 saturated heterocycles. The number of benzene rings is 3. The molecular formula is C27H24N4O3S. The number of hydrogen-bond acceptors (Lipinski definition) is 5. The highest BCUT2D eigenvalue weighted by Gasteiger charge is 2.12. The van der Waals surface area contributed by atoms with E-state index >= 15 is 0 Å². The van der Waals surface area contributed by atoms with Crippen molar-refractivity contribution in [3.05, 3.63) is 108 Å². The number of imidazole rings is 1. The Labute approximate surface area is 207 Å². The van der Waals surface area contributed by atoms with Gasteiger partial charge in [0.25, 0.3) is 5.91 Å². The molecule has 2 amide bonds. The number of ketones is 1. The summed E-state index contributed by atoms with van der Waals surface area (Å²) >= 11 is 1.28. The average molecular weight is 485 g/mol. The molecule has 0 saturated carbocycles. The number of thioether (sulfide) groups is 1. The summed E-state index contributed by atoms with van der Waals surface area (Å²) in [6, 6.07) is 23.8. The second-order valence-corrected chi connectivity index (χ2v) is 8.71. The van der Waals surface area contributed by atoms with Crippen molar-refractivity contribution in [1.29, 1.82) is 0 Å². The normalized spacial score (nSPS) is 10.5. The summed E-state index contributed by atoms with van der Waals surface area (Å²) in [5.41, 5.74) is 3.44. The van der Waals surface area contributed by atoms with Gasteiger partial charge in [0.05, 0.1) is 5.75 Å². The van der Waals surface area contributed by atoms with Crippen molar-refractivity contribution in [2.45, 2.75) is 18.6 Å². The summed E-state index contributed by atoms with van der Waals surface area (Å²) in [5.74, 6) is -0.302. The van der Waals surface area contributed by atoms with E-state index in [4.69, 9.17) is 0 Å². The molecule has 1 heterocycles. The Morgan fingerprint density at radius 3 is 2.49 bits per heavy atom. The summed E-state index contributed by atoms with van der Waals surface area (Å²) < 4.78 is 1.84. The van der Waals surface area contributed by atoms with Crippen LogP contribution >= 0.6 is 11.8 Å². The zero-order chi connectivity index (χ0) is 24.6. The molecule has 0 bridgehead atoms. The largest absolute Gasteiger partial charge is 0.348 e. The van der Waals surface area contributed by atoms with Crippen molar-refractivity contribution in [3.8, 4) is 5.69 Å². The number of aromatic nitrogens is 2. The van der Waals surface area contributed by atoms with Gasteiger partial charge in [-0.1, -0.05) is 60.3 Å². The molecule has 0 spiro atoms. The van der Waals surface area contributed by atoms with Crippen LogP contribution in [0.1, 0.15) is 33.2 Å². The molecule has 4 rings (SSSR count). The van der Waals surface area contributed by atoms with E-state index in [-0.39, 0.29) is 23.4 Å². The van der Waals surface area contributed by atoms with Crippen LogP contribution in [0.25, 0.3) is 5.69 Å². The van der Waals surface area contributed by atoms with E-state index in [2.05, 4.69) is 15.6 Å². The zero-order valence-corrected chi connectivity index (χ0v) is 19.9. The minimum Gasteiger partial charge on any atom is -0.348 e. The van der Waals surface area contributed by atoms with Crippen molar-refractivity contribution >= 4 is 35.0 Å². The van der Waals surface area contributed by atoms with E-state index in [1.807, 2.05) is 47.0 Å². The SMILES string of the molecule is CC(=O)c1cccc(NC(=O)CSc2nccn2-c2cccc(C(=O)NCc3ccccc3)c2)c1. The molecule has 35 heavy (non-hydrogen) atoms. The lowest BCUT2D eigenvalue weighted by molar-refractivity contribution is -0.113. The van der Waals surface area contributed by atoms with Crippen LogP contribution in [-0.4, -0.2) is 32.9 Å². The number of hydrogen-bond donors (Lipinski definition) is 2. The van der Waals surface area contributed by atoms with Gasteiger partial charge in [-0.3, -0.25) is 19.0 Å². The third-order valence-corrected chi connectivity index (χ3v) is 6.14. The number of anilines is 1. The minimum absolute atomic E-state index is 0.0616. The fourth-order valence-corrected chi connectivity index (χ4v) is 4.19. The summed E-state index contributed by atoms with van der Waals surface area (Å²) in [6.07, 6.45) is 3.44. The van der Waals surface area contributed by atoms with Gasteiger partial charge >= 0.3 is 0 Å². The van der Waals surface area contributed by atoms with Crippen LogP contribution in [0.4, 0.5) is 5.69 Å². The molecule has 0 aliphatic heterocycles. The van der Waals surface area contributed by atoms with Crippen molar-refractivity contribution in [2.24, 2.45) is 0 Å². The molecule has 1 aromatic heterocycles. The van der Waals surface area contributed by atoms with Gasteiger partial charge in [-0.05, 0) is 42.8 Å². The molecule has 4 aromatic rings. The number of carbonyl (C=O) groups excluding carboxylic acids is 3. The second kappa shape index (κ2) is 11.3. The van der Waals surface area contributed by atoms with Crippen LogP contribution in [0.15, 0.2) is 96.4 Å². The highest BCUT2D eigenvalue weighted by molar-refractivity contribution is 7.99. The summed E-state index contributed by atoms with van der Waals surface area (Å²) in [6.45, 7) is 1.93. The molecule has 2 N–H and O–H groups in total. The van der Waals surface area contributed by atoms with Gasteiger partial charge in [0.1, 0.15) is 0 Å². The summed E-state index contributed by atoms with van der Waals surface area (Å²) in [4.78, 5) is 41.0. The Morgan fingerprint density at radius 2 is 1.69 bits per heavy atom. The topological polar surface area (TPSA) is 93.1 Å². The highest BCUT2D eigenvalue weighted by Crippen LogP contribution is 2.22. The molecule has 0 aliphatic carbocycles. The molecule has 0 aliphatic rings. The van der Waals surface area contributed by atoms with Crippen molar-refractivity contribution in [3.63, 3.8) is 0 Å². The predicted octanol–water partition coefficient (Wildman–Crippen LogP) is 4.74. The predicted molar refractivity (Wildman–Crippen MR) is 137 cm³/mol. The van der Waals surface area contributed by atoms with Gasteiger partial charge in [-0.2, -0.15) is 0 Å². The van der Waals surface area contributed by atoms with Crippen LogP contribution in [-0.2, 0) is 11.3 Å². The number of Topliss-reactive ketones (excluding diaryl/α,β-unsaturated/α-hetero) is 1. The van der Waals surface area contributed by atoms with Crippen LogP contribution in [0.2, 0.25) is 0 Å². The Morgan fingerprint density at radius 1 is 0.914 bits per heavy atom. The van der Waals surface area contributed by atoms with E-state index in [1.54, 1.807) is 48.8 Å². The molecule has 0 fully saturated rings. The molecule has 0 unspecified atom stereocenters. The van der Waals surface area contributed by atoms with Gasteiger partial charge in [-0.25, -0.2) is 4.98 Å². The van der Waals surface area contributed by atoms with Gasteiger partial charge in [0.2, 0.25) is 5.91 Å². The fraction of sp³-hybridized carbons (Fsp3) is 0.111. The Kier molecular flexibility index (Phi) is 7.74. The molecule has 0 atom stereocenters. The molecule has 7 nitrogen and oxygen atoms in total. The smallest absolute Gasteiger partial charge is 0.251 e. The maximum atomic E-state index is 12.7. The van der Waals surface area contributed by atoms with Crippen LogP contribution in [0, 0.1) is 0 Å². The van der Waals surface area contributed by atoms with Crippen molar-refractivity contribution < 1.29 is 14.4 Å². The zero-order valence-electron chi connectivity index (χ0n) is 19.1. The first-order valence-corrected chi connectivity index (χ1v) is 12.0. The number of amides is 2. The maximum absolute atomic E-state index is 12.7. The second-order valence-electron chi connectivity index (χ2n) is 7.77. The van der Waals surface area contributed by atoms with E-state index in [9.17, 15) is 14.4 Å². The minimum atomic E-state index is -0.209. The van der Waals surface area contributed by atoms with Gasteiger partial charge in [-0.15, -0.1) is 0 Å². The van der Waals surface area contributed by atoms with E-state index in [0.29, 0.717) is 28.5 Å². The quantitative estimate of drug-likeness (QED) is 0.265. The molecule has 8 heteroatoms. The van der Waals surface area contributed by atoms with Gasteiger partial charge < -0.3 is 10.6 Å². The molecule has 0 radical (unpaired) electrons. The first-order chi connectivity index (χ1) is 17.0. The average Bonchev–Trinajstić information content (AvgIpc) is 3.36. The fourth-order valence-electron chi connectivity index (χ4n) is 3.41. The number of nitrogens with zero attached hydrogens (tertiary/aromatic N) is 2. The van der Waals surface area contributed by atoms with Gasteiger partial charge in [0.15, 0.2) is 10.9 Å². The first kappa shape index (κ1) is 24.0. The van der Waals surface area contributed by atoms with E-state index < -0.39 is 0 Å². The summed E-state index contributed by atoms with van der Waals surface area (Å²) in [7, 11) is 0. The first-order valence-electron chi connectivity index (χ1n) is 11.0. The molecule has 176 valence electrons. The number of carbonyl (C=O) groups is 3. The molecular weight excluding hydrogens is 460 g/mol. The highest BCUT2D eigenvalue weighted by atomic mass is 32.2. The number of rotatable bonds is 9. The van der Waals surface area contributed by atoms with Crippen LogP contribution < -0.4 is 10.6 Å². The summed E-state index contributed by atoms with van der Waals surface area (Å²) in [5, 5.41) is 6.37. The monoisotopic (exact) mass is 484 g/mol. The number of nitrogens with one attached hydrogen (secondary N) is 2. The Balaban J connectivity index is 1.39. The lowest BCUT2D eigenvalue weighted by Gasteiger charge is -2.10. The third kappa shape index (κ3) is 6.45. The van der Waals surface area contributed by atoms with Gasteiger partial charge in [0, 0.05) is 41.4 Å². The molecule has 3 aromatic carbocycles. The van der Waals surface area contributed by atoms with E-state index in [1.165, 1.54) is 18.7 Å². The lowest BCUT2D eigenvalue weighted by atomic mass is 10.1. The third-order valence-electron chi connectivity index (χ3n) is 5.17. The van der Waals surface area contributed by atoms with E-state index in [0.717, 1.165) is 11.3 Å². The standard InChI is InChI=1S/C27H24N4O3S/c1-19(32)21-9-5-11-23(15-21)30-25(33)18-35-27-28-13-14-31(27)24-12-6-10-22(16-24)26(34)29-17-20-7-3-2-4-8-20/h2-16H,17-18H2,1H3,(H,29,34)(H,30,33). The Bertz CT molecular complexity index is 1350. The van der Waals surface area contributed by atoms with Crippen LogP contribution in [0.5, 0.6) is 0 Å². The lowest BCUT2D eigenvalue weighted by Crippen LogP contribution is -2.22. The van der Waals surface area contributed by atoms with Crippen molar-refractivity contribution in [1.82, 2.24) is 14.9 Å². The Hall–Kier alpha value is -4.17. The van der Waals surface area contributed by atoms with Crippen LogP contribution in [0.3, 0.4) is 0 Å². The maximum Gasteiger partial charge on any atom is 0.251 e. The van der Waals surface area contributed by atoms with Crippen molar-refractivity contribution in [2.75, 3.05) is 11.1 Å².